The molecule has 1 amide bonds. The van der Waals surface area contributed by atoms with Gasteiger partial charge in [0.05, 0.1) is 19.3 Å². The summed E-state index contributed by atoms with van der Waals surface area (Å²) in [7, 11) is 0. The second kappa shape index (κ2) is 6.47. The molecule has 2 atom stereocenters. The molecule has 2 N–H and O–H groups in total. The Morgan fingerprint density at radius 2 is 2.39 bits per heavy atom. The van der Waals surface area contributed by atoms with Crippen molar-refractivity contribution < 1.29 is 9.53 Å². The van der Waals surface area contributed by atoms with E-state index in [2.05, 4.69) is 15.6 Å². The number of hydrogen-bond acceptors (Lipinski definition) is 4. The van der Waals surface area contributed by atoms with Crippen LogP contribution in [0.4, 0.5) is 0 Å². The standard InChI is InChI=1S/C13H19N3O2/c1-10(11-2-4-14-5-3-11)16-13(17)8-12-9-18-7-6-15-12/h2-5,10,12,15H,6-9H2,1H3,(H,16,17)/t10-,12?/m1/s1. The fraction of sp³-hybridized carbons (Fsp3) is 0.538. The number of rotatable bonds is 4. The molecule has 1 aromatic heterocycles. The number of amides is 1. The second-order valence-electron chi connectivity index (χ2n) is 4.50. The molecule has 2 rings (SSSR count). The van der Waals surface area contributed by atoms with E-state index < -0.39 is 0 Å². The first kappa shape index (κ1) is 13.0. The van der Waals surface area contributed by atoms with Crippen molar-refractivity contribution in [2.45, 2.75) is 25.4 Å². The van der Waals surface area contributed by atoms with Crippen molar-refractivity contribution >= 4 is 5.91 Å². The van der Waals surface area contributed by atoms with Crippen LogP contribution in [0.1, 0.15) is 24.9 Å². The molecule has 1 aliphatic heterocycles. The van der Waals surface area contributed by atoms with Crippen molar-refractivity contribution in [2.75, 3.05) is 19.8 Å². The molecule has 98 valence electrons. The van der Waals surface area contributed by atoms with E-state index in [1.165, 1.54) is 0 Å². The maximum Gasteiger partial charge on any atom is 0.222 e. The van der Waals surface area contributed by atoms with Gasteiger partial charge >= 0.3 is 0 Å². The molecule has 1 fully saturated rings. The fourth-order valence-electron chi connectivity index (χ4n) is 2.01. The van der Waals surface area contributed by atoms with E-state index in [9.17, 15) is 4.79 Å². The molecule has 0 spiro atoms. The number of carbonyl (C=O) groups excluding carboxylic acids is 1. The first-order chi connectivity index (χ1) is 8.75. The minimum Gasteiger partial charge on any atom is -0.378 e. The Morgan fingerprint density at radius 1 is 1.61 bits per heavy atom. The average molecular weight is 249 g/mol. The third kappa shape index (κ3) is 3.78. The lowest BCUT2D eigenvalue weighted by Gasteiger charge is -2.24. The third-order valence-electron chi connectivity index (χ3n) is 3.01. The van der Waals surface area contributed by atoms with Crippen molar-refractivity contribution in [2.24, 2.45) is 0 Å². The average Bonchev–Trinajstić information content (AvgIpc) is 2.40. The highest BCUT2D eigenvalue weighted by molar-refractivity contribution is 5.77. The topological polar surface area (TPSA) is 63.2 Å². The summed E-state index contributed by atoms with van der Waals surface area (Å²) < 4.78 is 5.32. The molecule has 1 unspecified atom stereocenters. The maximum atomic E-state index is 11.9. The number of nitrogens with zero attached hydrogens (tertiary/aromatic N) is 1. The summed E-state index contributed by atoms with van der Waals surface area (Å²) in [5.74, 6) is 0.0438. The molecule has 5 heteroatoms. The second-order valence-corrected chi connectivity index (χ2v) is 4.50. The Bertz CT molecular complexity index is 377. The highest BCUT2D eigenvalue weighted by atomic mass is 16.5. The highest BCUT2D eigenvalue weighted by Gasteiger charge is 2.18. The van der Waals surface area contributed by atoms with E-state index in [1.807, 2.05) is 19.1 Å². The molecule has 1 aromatic rings. The summed E-state index contributed by atoms with van der Waals surface area (Å²) in [6.07, 6.45) is 3.92. The van der Waals surface area contributed by atoms with Gasteiger partial charge in [-0.25, -0.2) is 0 Å². The van der Waals surface area contributed by atoms with Gasteiger partial charge in [0.25, 0.3) is 0 Å². The number of hydrogen-bond donors (Lipinski definition) is 2. The first-order valence-corrected chi connectivity index (χ1v) is 6.26. The summed E-state index contributed by atoms with van der Waals surface area (Å²) >= 11 is 0. The largest absolute Gasteiger partial charge is 0.378 e. The summed E-state index contributed by atoms with van der Waals surface area (Å²) in [6.45, 7) is 4.12. The molecule has 0 bridgehead atoms. The minimum atomic E-state index is 0.00464. The van der Waals surface area contributed by atoms with E-state index in [0.717, 1.165) is 18.7 Å². The first-order valence-electron chi connectivity index (χ1n) is 6.26. The van der Waals surface area contributed by atoms with E-state index in [-0.39, 0.29) is 18.0 Å². The van der Waals surface area contributed by atoms with Gasteiger partial charge in [0.2, 0.25) is 5.91 Å². The van der Waals surface area contributed by atoms with Gasteiger partial charge in [-0.1, -0.05) is 0 Å². The lowest BCUT2D eigenvalue weighted by Crippen LogP contribution is -2.44. The van der Waals surface area contributed by atoms with E-state index >= 15 is 0 Å². The van der Waals surface area contributed by atoms with Gasteiger partial charge in [0.15, 0.2) is 0 Å². The number of pyridine rings is 1. The molecule has 18 heavy (non-hydrogen) atoms. The Labute approximate surface area is 107 Å². The molecule has 0 radical (unpaired) electrons. The van der Waals surface area contributed by atoms with E-state index in [1.54, 1.807) is 12.4 Å². The summed E-state index contributed by atoms with van der Waals surface area (Å²) in [5.41, 5.74) is 1.06. The van der Waals surface area contributed by atoms with Gasteiger partial charge in [-0.2, -0.15) is 0 Å². The van der Waals surface area contributed by atoms with Crippen LogP contribution in [-0.2, 0) is 9.53 Å². The fourth-order valence-corrected chi connectivity index (χ4v) is 2.01. The molecule has 1 saturated heterocycles. The third-order valence-corrected chi connectivity index (χ3v) is 3.01. The number of ether oxygens (including phenoxy) is 1. The molecule has 0 aromatic carbocycles. The normalized spacial score (nSPS) is 21.3. The zero-order valence-corrected chi connectivity index (χ0v) is 10.6. The summed E-state index contributed by atoms with van der Waals surface area (Å²) in [5, 5.41) is 6.25. The van der Waals surface area contributed by atoms with Crippen molar-refractivity contribution in [1.82, 2.24) is 15.6 Å². The van der Waals surface area contributed by atoms with Gasteiger partial charge in [0.1, 0.15) is 0 Å². The van der Waals surface area contributed by atoms with Crippen molar-refractivity contribution in [1.29, 1.82) is 0 Å². The monoisotopic (exact) mass is 249 g/mol. The molecule has 1 aliphatic rings. The van der Waals surface area contributed by atoms with Crippen LogP contribution in [0, 0.1) is 0 Å². The number of aromatic nitrogens is 1. The zero-order chi connectivity index (χ0) is 12.8. The van der Waals surface area contributed by atoms with Gasteiger partial charge in [-0.15, -0.1) is 0 Å². The smallest absolute Gasteiger partial charge is 0.222 e. The van der Waals surface area contributed by atoms with Crippen LogP contribution in [0.2, 0.25) is 0 Å². The van der Waals surface area contributed by atoms with Gasteiger partial charge in [-0.05, 0) is 24.6 Å². The molecule has 0 saturated carbocycles. The van der Waals surface area contributed by atoms with Crippen LogP contribution < -0.4 is 10.6 Å². The van der Waals surface area contributed by atoms with E-state index in [0.29, 0.717) is 13.0 Å². The predicted octanol–water partition coefficient (Wildman–Crippen LogP) is 0.637. The number of carbonyl (C=O) groups is 1. The zero-order valence-electron chi connectivity index (χ0n) is 10.6. The van der Waals surface area contributed by atoms with Crippen molar-refractivity contribution in [3.05, 3.63) is 30.1 Å². The van der Waals surface area contributed by atoms with Crippen molar-refractivity contribution in [3.63, 3.8) is 0 Å². The SMILES string of the molecule is C[C@@H](NC(=O)CC1COCCN1)c1ccncc1. The lowest BCUT2D eigenvalue weighted by atomic mass is 10.1. The number of nitrogens with one attached hydrogen (secondary N) is 2. The highest BCUT2D eigenvalue weighted by Crippen LogP contribution is 2.10. The van der Waals surface area contributed by atoms with Gasteiger partial charge < -0.3 is 15.4 Å². The number of morpholine rings is 1. The molecular weight excluding hydrogens is 230 g/mol. The molecule has 2 heterocycles. The molecule has 0 aliphatic carbocycles. The quantitative estimate of drug-likeness (QED) is 0.822. The van der Waals surface area contributed by atoms with Crippen LogP contribution in [0.25, 0.3) is 0 Å². The van der Waals surface area contributed by atoms with Crippen LogP contribution in [0.3, 0.4) is 0 Å². The Balaban J connectivity index is 1.80. The minimum absolute atomic E-state index is 0.00464. The summed E-state index contributed by atoms with van der Waals surface area (Å²) in [6, 6.07) is 3.95. The Hall–Kier alpha value is -1.46. The Morgan fingerprint density at radius 3 is 3.06 bits per heavy atom. The van der Waals surface area contributed by atoms with Gasteiger partial charge in [-0.3, -0.25) is 9.78 Å². The molecular formula is C13H19N3O2. The van der Waals surface area contributed by atoms with E-state index in [4.69, 9.17) is 4.74 Å². The Kier molecular flexibility index (Phi) is 4.66. The van der Waals surface area contributed by atoms with Crippen LogP contribution in [0.15, 0.2) is 24.5 Å². The van der Waals surface area contributed by atoms with Crippen molar-refractivity contribution in [3.8, 4) is 0 Å². The lowest BCUT2D eigenvalue weighted by molar-refractivity contribution is -0.122. The molecule has 5 nitrogen and oxygen atoms in total. The van der Waals surface area contributed by atoms with Gasteiger partial charge in [0, 0.05) is 31.4 Å². The van der Waals surface area contributed by atoms with Crippen LogP contribution in [-0.4, -0.2) is 36.7 Å². The summed E-state index contributed by atoms with van der Waals surface area (Å²) in [4.78, 5) is 15.8. The van der Waals surface area contributed by atoms with Crippen LogP contribution in [0.5, 0.6) is 0 Å². The van der Waals surface area contributed by atoms with Crippen LogP contribution >= 0.6 is 0 Å². The predicted molar refractivity (Wildman–Crippen MR) is 68.0 cm³/mol. The maximum absolute atomic E-state index is 11.9.